The van der Waals surface area contributed by atoms with E-state index in [1.165, 1.54) is 25.0 Å². The van der Waals surface area contributed by atoms with Crippen LogP contribution >= 0.6 is 7.60 Å². The fourth-order valence-corrected chi connectivity index (χ4v) is 4.42. The van der Waals surface area contributed by atoms with Gasteiger partial charge >= 0.3 is 7.60 Å². The minimum Gasteiger partial charge on any atom is -0.494 e. The Morgan fingerprint density at radius 3 is 1.97 bits per heavy atom. The van der Waals surface area contributed by atoms with Crippen LogP contribution in [-0.2, 0) is 15.7 Å². The van der Waals surface area contributed by atoms with Crippen LogP contribution in [0.2, 0.25) is 0 Å². The van der Waals surface area contributed by atoms with Crippen molar-refractivity contribution in [3.05, 3.63) is 70.3 Å². The molecule has 8 heteroatoms. The van der Waals surface area contributed by atoms with Crippen molar-refractivity contribution >= 4 is 13.3 Å². The van der Waals surface area contributed by atoms with Crippen LogP contribution in [-0.4, -0.2) is 22.6 Å². The van der Waals surface area contributed by atoms with Crippen LogP contribution in [0.1, 0.15) is 63.4 Å². The van der Waals surface area contributed by atoms with Crippen LogP contribution in [0.15, 0.2) is 54.6 Å². The van der Waals surface area contributed by atoms with Crippen LogP contribution in [0.5, 0.6) is 5.75 Å². The highest BCUT2D eigenvalue weighted by molar-refractivity contribution is 7.52. The summed E-state index contributed by atoms with van der Waals surface area (Å²) >= 11 is 0. The van der Waals surface area contributed by atoms with Gasteiger partial charge in [-0.25, -0.2) is 0 Å². The number of rotatable bonds is 17. The molecular formula is C24H34NO6P. The van der Waals surface area contributed by atoms with Gasteiger partial charge < -0.3 is 14.2 Å². The number of nitro benzene ring substituents is 1. The van der Waals surface area contributed by atoms with Crippen molar-refractivity contribution in [2.75, 3.05) is 12.8 Å². The largest absolute Gasteiger partial charge is 0.494 e. The topological polar surface area (TPSA) is 98.9 Å². The average Bonchev–Trinajstić information content (AvgIpc) is 2.79. The second kappa shape index (κ2) is 14.8. The summed E-state index contributed by atoms with van der Waals surface area (Å²) < 4.78 is 22.9. The molecule has 0 bridgehead atoms. The molecule has 2 aromatic carbocycles. The third-order valence-electron chi connectivity index (χ3n) is 5.18. The number of unbranched alkanes of at least 4 members (excludes halogenated alkanes) is 8. The van der Waals surface area contributed by atoms with E-state index in [1.807, 2.05) is 30.3 Å². The van der Waals surface area contributed by atoms with Crippen LogP contribution in [0.3, 0.4) is 0 Å². The average molecular weight is 464 g/mol. The summed E-state index contributed by atoms with van der Waals surface area (Å²) in [6.07, 6.45) is 9.65. The predicted octanol–water partition coefficient (Wildman–Crippen LogP) is 6.89. The summed E-state index contributed by atoms with van der Waals surface area (Å²) in [4.78, 5) is 20.1. The van der Waals surface area contributed by atoms with Crippen molar-refractivity contribution in [2.24, 2.45) is 0 Å². The normalized spacial score (nSPS) is 12.9. The third kappa shape index (κ3) is 11.4. The first-order valence-corrected chi connectivity index (χ1v) is 13.1. The molecule has 176 valence electrons. The Labute approximate surface area is 190 Å². The number of nitrogens with zero attached hydrogens (tertiary/aromatic N) is 1. The quantitative estimate of drug-likeness (QED) is 0.119. The van der Waals surface area contributed by atoms with E-state index in [9.17, 15) is 19.6 Å². The second-order valence-electron chi connectivity index (χ2n) is 7.90. The Morgan fingerprint density at radius 2 is 1.38 bits per heavy atom. The number of hydrogen-bond donors (Lipinski definition) is 1. The molecule has 2 rings (SSSR count). The smallest absolute Gasteiger partial charge is 0.328 e. The number of benzene rings is 2. The molecule has 0 aliphatic rings. The molecule has 0 spiro atoms. The van der Waals surface area contributed by atoms with Crippen molar-refractivity contribution in [1.29, 1.82) is 0 Å². The van der Waals surface area contributed by atoms with E-state index in [0.29, 0.717) is 18.8 Å². The molecule has 1 unspecified atom stereocenters. The zero-order chi connectivity index (χ0) is 23.1. The van der Waals surface area contributed by atoms with E-state index in [-0.39, 0.29) is 18.5 Å². The lowest BCUT2D eigenvalue weighted by Crippen LogP contribution is -1.97. The van der Waals surface area contributed by atoms with E-state index in [0.717, 1.165) is 44.1 Å². The Kier molecular flexibility index (Phi) is 12.0. The second-order valence-corrected chi connectivity index (χ2v) is 9.88. The number of non-ortho nitro benzene ring substituents is 1. The summed E-state index contributed by atoms with van der Waals surface area (Å²) in [5, 5.41) is 10.6. The van der Waals surface area contributed by atoms with Gasteiger partial charge in [-0.15, -0.1) is 0 Å². The van der Waals surface area contributed by atoms with Gasteiger partial charge in [-0.05, 0) is 30.5 Å². The number of ether oxygens (including phenoxy) is 1. The first-order chi connectivity index (χ1) is 15.5. The molecule has 7 nitrogen and oxygen atoms in total. The van der Waals surface area contributed by atoms with Crippen molar-refractivity contribution in [3.63, 3.8) is 0 Å². The summed E-state index contributed by atoms with van der Waals surface area (Å²) in [6.45, 7) is 0.791. The lowest BCUT2D eigenvalue weighted by Gasteiger charge is -2.12. The van der Waals surface area contributed by atoms with Gasteiger partial charge in [0.15, 0.2) is 0 Å². The van der Waals surface area contributed by atoms with Gasteiger partial charge in [0.2, 0.25) is 0 Å². The number of hydrogen-bond acceptors (Lipinski definition) is 5. The molecule has 0 fully saturated rings. The van der Waals surface area contributed by atoms with Crippen LogP contribution in [0.4, 0.5) is 5.69 Å². The first kappa shape index (κ1) is 26.0. The van der Waals surface area contributed by atoms with Gasteiger partial charge in [-0.2, -0.15) is 0 Å². The zero-order valence-corrected chi connectivity index (χ0v) is 19.5. The molecule has 0 amide bonds. The molecule has 1 N–H and O–H groups in total. The zero-order valence-electron chi connectivity index (χ0n) is 18.6. The van der Waals surface area contributed by atoms with Gasteiger partial charge in [-0.3, -0.25) is 14.7 Å². The van der Waals surface area contributed by atoms with Gasteiger partial charge in [0.1, 0.15) is 5.75 Å². The maximum Gasteiger partial charge on any atom is 0.328 e. The molecule has 0 aliphatic heterocycles. The summed E-state index contributed by atoms with van der Waals surface area (Å²) in [7, 11) is -3.51. The van der Waals surface area contributed by atoms with Crippen molar-refractivity contribution in [3.8, 4) is 5.75 Å². The van der Waals surface area contributed by atoms with Crippen LogP contribution in [0.25, 0.3) is 0 Å². The van der Waals surface area contributed by atoms with E-state index >= 15 is 0 Å². The molecule has 0 aromatic heterocycles. The number of nitro groups is 1. The van der Waals surface area contributed by atoms with Crippen molar-refractivity contribution in [2.45, 2.75) is 64.4 Å². The molecule has 1 atom stereocenters. The molecule has 32 heavy (non-hydrogen) atoms. The Hall–Kier alpha value is -2.21. The lowest BCUT2D eigenvalue weighted by molar-refractivity contribution is -0.384. The summed E-state index contributed by atoms with van der Waals surface area (Å²) in [5.41, 5.74) is 0.971. The molecule has 0 radical (unpaired) electrons. The summed E-state index contributed by atoms with van der Waals surface area (Å²) in [5.74, 6) is 0.661. The predicted molar refractivity (Wildman–Crippen MR) is 126 cm³/mol. The molecule has 0 heterocycles. The minimum atomic E-state index is -3.51. The Balaban J connectivity index is 1.39. The fourth-order valence-electron chi connectivity index (χ4n) is 3.32. The molecule has 0 saturated heterocycles. The summed E-state index contributed by atoms with van der Waals surface area (Å²) in [6, 6.07) is 15.6. The van der Waals surface area contributed by atoms with E-state index in [1.54, 1.807) is 12.1 Å². The van der Waals surface area contributed by atoms with E-state index < -0.39 is 12.5 Å². The van der Waals surface area contributed by atoms with Crippen molar-refractivity contribution < 1.29 is 23.6 Å². The SMILES string of the molecule is O=[N+]([O-])c1ccc(OCCCCCCCCCCCP(=O)(O)OCc2ccccc2)cc1. The third-order valence-corrected chi connectivity index (χ3v) is 6.59. The highest BCUT2D eigenvalue weighted by Gasteiger charge is 2.18. The lowest BCUT2D eigenvalue weighted by atomic mass is 10.1. The molecule has 2 aromatic rings. The van der Waals surface area contributed by atoms with Gasteiger partial charge in [0.25, 0.3) is 5.69 Å². The highest BCUT2D eigenvalue weighted by Crippen LogP contribution is 2.43. The van der Waals surface area contributed by atoms with Crippen LogP contribution < -0.4 is 4.74 Å². The van der Waals surface area contributed by atoms with Gasteiger partial charge in [0, 0.05) is 18.3 Å². The maximum absolute atomic E-state index is 12.1. The first-order valence-electron chi connectivity index (χ1n) is 11.3. The highest BCUT2D eigenvalue weighted by atomic mass is 31.2. The van der Waals surface area contributed by atoms with Crippen molar-refractivity contribution in [1.82, 2.24) is 0 Å². The van der Waals surface area contributed by atoms with Gasteiger partial charge in [-0.1, -0.05) is 75.3 Å². The van der Waals surface area contributed by atoms with Crippen LogP contribution in [0, 0.1) is 10.1 Å². The van der Waals surface area contributed by atoms with Gasteiger partial charge in [0.05, 0.1) is 18.1 Å². The Morgan fingerprint density at radius 1 is 0.812 bits per heavy atom. The fraction of sp³-hybridized carbons (Fsp3) is 0.500. The minimum absolute atomic E-state index is 0.0686. The van der Waals surface area contributed by atoms with E-state index in [4.69, 9.17) is 9.26 Å². The molecular weight excluding hydrogens is 429 g/mol. The van der Waals surface area contributed by atoms with E-state index in [2.05, 4.69) is 0 Å². The standard InChI is InChI=1S/C24H34NO6P/c26-25(27)23-15-17-24(18-16-23)30-19-11-6-4-2-1-3-5-7-12-20-32(28,29)31-21-22-13-9-8-10-14-22/h8-10,13-18H,1-7,11-12,19-21H2,(H,28,29). The molecule has 0 aliphatic carbocycles. The molecule has 0 saturated carbocycles. The Bertz CT molecular complexity index is 828. The maximum atomic E-state index is 12.1. The monoisotopic (exact) mass is 463 g/mol.